The number of carbonyl (C=O) groups excluding carboxylic acids is 1. The van der Waals surface area contributed by atoms with Gasteiger partial charge >= 0.3 is 6.18 Å². The molecule has 2 heterocycles. The molecule has 3 rings (SSSR count). The van der Waals surface area contributed by atoms with Gasteiger partial charge in [-0.3, -0.25) is 9.69 Å². The van der Waals surface area contributed by atoms with Gasteiger partial charge in [-0.1, -0.05) is 42.1 Å². The lowest BCUT2D eigenvalue weighted by molar-refractivity contribution is -0.141. The molecule has 1 aromatic heterocycles. The van der Waals surface area contributed by atoms with Crippen LogP contribution in [0.15, 0.2) is 41.6 Å². The quantitative estimate of drug-likeness (QED) is 0.527. The molecule has 0 aliphatic carbocycles. The largest absolute Gasteiger partial charge is 0.433 e. The Morgan fingerprint density at radius 3 is 2.60 bits per heavy atom. The van der Waals surface area contributed by atoms with Gasteiger partial charge in [0.15, 0.2) is 5.16 Å². The van der Waals surface area contributed by atoms with E-state index in [2.05, 4.69) is 20.2 Å². The van der Waals surface area contributed by atoms with Crippen molar-refractivity contribution in [3.05, 3.63) is 42.1 Å². The zero-order chi connectivity index (χ0) is 21.6. The molecular formula is C20H23F3N4O2S. The van der Waals surface area contributed by atoms with Crippen LogP contribution in [0, 0.1) is 0 Å². The van der Waals surface area contributed by atoms with Gasteiger partial charge in [0.05, 0.1) is 24.2 Å². The predicted octanol–water partition coefficient (Wildman–Crippen LogP) is 3.09. The van der Waals surface area contributed by atoms with E-state index in [9.17, 15) is 18.0 Å². The fourth-order valence-corrected chi connectivity index (χ4v) is 3.71. The molecule has 1 atom stereocenters. The average molecular weight is 440 g/mol. The van der Waals surface area contributed by atoms with Gasteiger partial charge in [0, 0.05) is 31.7 Å². The Balaban J connectivity index is 1.66. The molecule has 0 bridgehead atoms. The molecule has 1 aliphatic rings. The topological polar surface area (TPSA) is 67.4 Å². The van der Waals surface area contributed by atoms with Crippen LogP contribution in [0.5, 0.6) is 0 Å². The Bertz CT molecular complexity index is 846. The molecule has 1 aliphatic heterocycles. The van der Waals surface area contributed by atoms with Crippen LogP contribution in [-0.4, -0.2) is 65.4 Å². The number of benzene rings is 1. The van der Waals surface area contributed by atoms with Crippen molar-refractivity contribution >= 4 is 17.7 Å². The minimum atomic E-state index is -4.61. The SMILES string of the molecule is C[C@H](Sc1nc(-c2ccccc2)cc(C(F)(F)F)n1)C(=O)NCCN1CCOCC1. The van der Waals surface area contributed by atoms with Crippen LogP contribution in [-0.2, 0) is 15.7 Å². The van der Waals surface area contributed by atoms with Gasteiger partial charge in [-0.2, -0.15) is 13.2 Å². The van der Waals surface area contributed by atoms with Crippen molar-refractivity contribution in [2.24, 2.45) is 0 Å². The number of rotatable bonds is 7. The summed E-state index contributed by atoms with van der Waals surface area (Å²) in [7, 11) is 0. The molecule has 10 heteroatoms. The highest BCUT2D eigenvalue weighted by Gasteiger charge is 2.34. The molecule has 162 valence electrons. The Morgan fingerprint density at radius 2 is 1.93 bits per heavy atom. The van der Waals surface area contributed by atoms with Crippen LogP contribution < -0.4 is 5.32 Å². The summed E-state index contributed by atoms with van der Waals surface area (Å²) in [5.74, 6) is -0.268. The zero-order valence-electron chi connectivity index (χ0n) is 16.5. The van der Waals surface area contributed by atoms with E-state index < -0.39 is 17.1 Å². The minimum Gasteiger partial charge on any atom is -0.379 e. The summed E-state index contributed by atoms with van der Waals surface area (Å²) in [4.78, 5) is 22.4. The Morgan fingerprint density at radius 1 is 1.23 bits per heavy atom. The fraction of sp³-hybridized carbons (Fsp3) is 0.450. The molecule has 1 N–H and O–H groups in total. The van der Waals surface area contributed by atoms with Crippen LogP contribution in [0.1, 0.15) is 12.6 Å². The number of carbonyl (C=O) groups is 1. The molecular weight excluding hydrogens is 417 g/mol. The highest BCUT2D eigenvalue weighted by molar-refractivity contribution is 8.00. The Hall–Kier alpha value is -2.17. The lowest BCUT2D eigenvalue weighted by Gasteiger charge is -2.26. The summed E-state index contributed by atoms with van der Waals surface area (Å²) >= 11 is 0.909. The van der Waals surface area contributed by atoms with Gasteiger partial charge in [-0.15, -0.1) is 0 Å². The number of amides is 1. The monoisotopic (exact) mass is 440 g/mol. The maximum Gasteiger partial charge on any atom is 0.433 e. The van der Waals surface area contributed by atoms with Gasteiger partial charge < -0.3 is 10.1 Å². The van der Waals surface area contributed by atoms with Crippen molar-refractivity contribution < 1.29 is 22.7 Å². The number of morpholine rings is 1. The highest BCUT2D eigenvalue weighted by Crippen LogP contribution is 2.32. The second-order valence-corrected chi connectivity index (χ2v) is 8.10. The molecule has 2 aromatic rings. The molecule has 1 saturated heterocycles. The van der Waals surface area contributed by atoms with Crippen molar-refractivity contribution in [3.8, 4) is 11.3 Å². The van der Waals surface area contributed by atoms with Crippen molar-refractivity contribution in [2.75, 3.05) is 39.4 Å². The van der Waals surface area contributed by atoms with Gasteiger partial charge in [0.25, 0.3) is 0 Å². The van der Waals surface area contributed by atoms with Crippen LogP contribution >= 0.6 is 11.8 Å². The van der Waals surface area contributed by atoms with Gasteiger partial charge in [0.2, 0.25) is 5.91 Å². The number of nitrogens with one attached hydrogen (secondary N) is 1. The molecule has 1 fully saturated rings. The third-order valence-corrected chi connectivity index (χ3v) is 5.51. The number of nitrogens with zero attached hydrogens (tertiary/aromatic N) is 3. The van der Waals surface area contributed by atoms with Gasteiger partial charge in [0.1, 0.15) is 5.69 Å². The third kappa shape index (κ3) is 6.41. The predicted molar refractivity (Wildman–Crippen MR) is 108 cm³/mol. The summed E-state index contributed by atoms with van der Waals surface area (Å²) in [5, 5.41) is 2.10. The zero-order valence-corrected chi connectivity index (χ0v) is 17.3. The second-order valence-electron chi connectivity index (χ2n) is 6.79. The van der Waals surface area contributed by atoms with E-state index in [0.717, 1.165) is 30.9 Å². The lowest BCUT2D eigenvalue weighted by Crippen LogP contribution is -2.42. The van der Waals surface area contributed by atoms with E-state index in [1.807, 2.05) is 0 Å². The summed E-state index contributed by atoms with van der Waals surface area (Å²) in [6.07, 6.45) is -4.61. The summed E-state index contributed by atoms with van der Waals surface area (Å²) in [6, 6.07) is 9.50. The van der Waals surface area contributed by atoms with Crippen molar-refractivity contribution in [1.29, 1.82) is 0 Å². The molecule has 0 spiro atoms. The first-order valence-electron chi connectivity index (χ1n) is 9.59. The van der Waals surface area contributed by atoms with Crippen LogP contribution in [0.2, 0.25) is 0 Å². The number of aromatic nitrogens is 2. The first kappa shape index (κ1) is 22.5. The van der Waals surface area contributed by atoms with E-state index in [0.29, 0.717) is 31.9 Å². The number of ether oxygens (including phenoxy) is 1. The van der Waals surface area contributed by atoms with E-state index in [1.54, 1.807) is 37.3 Å². The number of hydrogen-bond donors (Lipinski definition) is 1. The Labute approximate surface area is 177 Å². The number of alkyl halides is 3. The minimum absolute atomic E-state index is 0.0838. The molecule has 1 amide bonds. The maximum absolute atomic E-state index is 13.3. The van der Waals surface area contributed by atoms with Crippen molar-refractivity contribution in [2.45, 2.75) is 23.5 Å². The van der Waals surface area contributed by atoms with Crippen LogP contribution in [0.25, 0.3) is 11.3 Å². The fourth-order valence-electron chi connectivity index (χ4n) is 2.90. The maximum atomic E-state index is 13.3. The first-order chi connectivity index (χ1) is 14.3. The molecule has 0 saturated carbocycles. The smallest absolute Gasteiger partial charge is 0.379 e. The van der Waals surface area contributed by atoms with Crippen LogP contribution in [0.3, 0.4) is 0 Å². The van der Waals surface area contributed by atoms with Gasteiger partial charge in [-0.05, 0) is 13.0 Å². The Kier molecular flexibility index (Phi) is 7.68. The third-order valence-electron chi connectivity index (χ3n) is 4.55. The summed E-state index contributed by atoms with van der Waals surface area (Å²) in [6.45, 7) is 5.78. The molecule has 1 aromatic carbocycles. The molecule has 0 radical (unpaired) electrons. The van der Waals surface area contributed by atoms with Crippen molar-refractivity contribution in [1.82, 2.24) is 20.2 Å². The normalized spacial score (nSPS) is 16.3. The average Bonchev–Trinajstić information content (AvgIpc) is 2.74. The number of halogens is 3. The van der Waals surface area contributed by atoms with Crippen LogP contribution in [0.4, 0.5) is 13.2 Å². The summed E-state index contributed by atoms with van der Waals surface area (Å²) in [5.41, 5.74) is -0.311. The van der Waals surface area contributed by atoms with Crippen molar-refractivity contribution in [3.63, 3.8) is 0 Å². The van der Waals surface area contributed by atoms with Gasteiger partial charge in [-0.25, -0.2) is 9.97 Å². The van der Waals surface area contributed by atoms with E-state index in [1.165, 1.54) is 0 Å². The van der Waals surface area contributed by atoms with E-state index in [-0.39, 0.29) is 16.8 Å². The van der Waals surface area contributed by atoms with E-state index in [4.69, 9.17) is 4.74 Å². The van der Waals surface area contributed by atoms with E-state index >= 15 is 0 Å². The summed E-state index contributed by atoms with van der Waals surface area (Å²) < 4.78 is 45.2. The number of hydrogen-bond acceptors (Lipinski definition) is 6. The molecule has 6 nitrogen and oxygen atoms in total. The molecule has 0 unspecified atom stereocenters. The first-order valence-corrected chi connectivity index (χ1v) is 10.5. The second kappa shape index (κ2) is 10.2. The number of thioether (sulfide) groups is 1. The lowest BCUT2D eigenvalue weighted by atomic mass is 10.1. The standard InChI is InChI=1S/C20H23F3N4O2S/c1-14(18(28)24-7-8-27-9-11-29-12-10-27)30-19-25-16(15-5-3-2-4-6-15)13-17(26-19)20(21,22)23/h2-6,13-14H,7-12H2,1H3,(H,24,28)/t14-/m0/s1. The molecule has 30 heavy (non-hydrogen) atoms. The highest BCUT2D eigenvalue weighted by atomic mass is 32.2.